The minimum Gasteiger partial charge on any atom is -0.497 e. The van der Waals surface area contributed by atoms with E-state index < -0.39 is 39.6 Å². The van der Waals surface area contributed by atoms with Crippen LogP contribution in [-0.4, -0.2) is 55.5 Å². The van der Waals surface area contributed by atoms with Crippen molar-refractivity contribution in [3.05, 3.63) is 105 Å². The van der Waals surface area contributed by atoms with Crippen LogP contribution in [-0.2, 0) is 20.9 Å². The maximum Gasteiger partial charge on any atom is 0.269 e. The lowest BCUT2D eigenvalue weighted by molar-refractivity contribution is -0.384. The number of hydrogen-bond acceptors (Lipinski definition) is 11. The van der Waals surface area contributed by atoms with Crippen LogP contribution in [0.15, 0.2) is 89.1 Å². The molecule has 14 heteroatoms. The number of thioether (sulfide) groups is 1. The van der Waals surface area contributed by atoms with Gasteiger partial charge in [0.1, 0.15) is 29.3 Å². The number of methoxy groups -OCH3 is 1. The average molecular weight is 713 g/mol. The fraction of sp³-hybridized carbons (Fsp3) is 0.294. The molecule has 3 aromatic rings. The molecule has 1 fully saturated rings. The third-order valence-corrected chi connectivity index (χ3v) is 8.93. The number of halogens is 1. The van der Waals surface area contributed by atoms with Gasteiger partial charge in [-0.25, -0.2) is 0 Å². The molecule has 3 aromatic carbocycles. The minimum absolute atomic E-state index is 0.110. The number of allylic oxidation sites excluding steroid dienone is 1. The van der Waals surface area contributed by atoms with Crippen LogP contribution in [0.4, 0.5) is 5.69 Å². The Hall–Kier alpha value is -4.30. The molecule has 0 unspecified atom stereocenters. The molecule has 0 spiro atoms. The SMILES string of the molecule is COc1ccc(SC(=O)c2ccc(OC(C(=O)C(C)(C)C)=C(C(=S)OCc3ccc([N+](=O)[O-])cc3)N3C(=O)[C@H]([C@@H](C)O)[C@@H]3Cl)cc2)cc1. The lowest BCUT2D eigenvalue weighted by Crippen LogP contribution is -2.62. The summed E-state index contributed by atoms with van der Waals surface area (Å²) < 4.78 is 17.2. The molecule has 0 radical (unpaired) electrons. The molecule has 1 amide bonds. The molecule has 11 nitrogen and oxygen atoms in total. The number of benzene rings is 3. The fourth-order valence-corrected chi connectivity index (χ4v) is 6.01. The first kappa shape index (κ1) is 36.5. The second-order valence-corrected chi connectivity index (χ2v) is 13.7. The lowest BCUT2D eigenvalue weighted by atomic mass is 9.87. The topological polar surface area (TPSA) is 146 Å². The fourth-order valence-electron chi connectivity index (χ4n) is 4.51. The molecule has 1 aliphatic rings. The number of non-ortho nitro benzene ring substituents is 1. The summed E-state index contributed by atoms with van der Waals surface area (Å²) in [6.07, 6.45) is -1.09. The van der Waals surface area contributed by atoms with Crippen LogP contribution < -0.4 is 9.47 Å². The summed E-state index contributed by atoms with van der Waals surface area (Å²) in [4.78, 5) is 52.5. The summed E-state index contributed by atoms with van der Waals surface area (Å²) in [6.45, 7) is 6.24. The first-order chi connectivity index (χ1) is 22.6. The number of carbonyl (C=O) groups is 3. The van der Waals surface area contributed by atoms with Crippen molar-refractivity contribution in [1.82, 2.24) is 4.90 Å². The molecule has 1 aliphatic heterocycles. The Kier molecular flexibility index (Phi) is 11.6. The highest BCUT2D eigenvalue weighted by molar-refractivity contribution is 8.14. The molecular formula is C34H33ClN2O9S2. The van der Waals surface area contributed by atoms with Gasteiger partial charge in [0.15, 0.2) is 5.76 Å². The molecule has 3 atom stereocenters. The maximum atomic E-state index is 13.9. The number of Topliss-reactive ketones (excluding diaryl/α,β-unsaturated/α-hetero) is 1. The third kappa shape index (κ3) is 8.40. The molecule has 0 aromatic heterocycles. The van der Waals surface area contributed by atoms with Crippen molar-refractivity contribution in [2.75, 3.05) is 7.11 Å². The van der Waals surface area contributed by atoms with Gasteiger partial charge >= 0.3 is 0 Å². The highest BCUT2D eigenvalue weighted by Crippen LogP contribution is 2.39. The molecule has 0 saturated carbocycles. The van der Waals surface area contributed by atoms with Gasteiger partial charge in [0.25, 0.3) is 5.69 Å². The number of aliphatic hydroxyl groups is 1. The summed E-state index contributed by atoms with van der Waals surface area (Å²) in [7, 11) is 1.56. The maximum absolute atomic E-state index is 13.9. The molecule has 1 heterocycles. The van der Waals surface area contributed by atoms with E-state index in [4.69, 9.17) is 38.0 Å². The molecule has 4 rings (SSSR count). The molecule has 252 valence electrons. The Morgan fingerprint density at radius 2 is 1.62 bits per heavy atom. The minimum atomic E-state index is -1.09. The number of likely N-dealkylation sites (tertiary alicyclic amines) is 1. The second kappa shape index (κ2) is 15.3. The molecule has 1 N–H and O–H groups in total. The van der Waals surface area contributed by atoms with Crippen LogP contribution >= 0.6 is 35.6 Å². The van der Waals surface area contributed by atoms with Crippen molar-refractivity contribution < 1.29 is 38.6 Å². The zero-order chi connectivity index (χ0) is 35.3. The van der Waals surface area contributed by atoms with Gasteiger partial charge in [-0.3, -0.25) is 29.4 Å². The number of carbonyl (C=O) groups excluding carboxylic acids is 3. The van der Waals surface area contributed by atoms with E-state index in [1.807, 2.05) is 0 Å². The Bertz CT molecular complexity index is 1740. The van der Waals surface area contributed by atoms with Gasteiger partial charge in [0, 0.05) is 28.0 Å². The molecule has 1 saturated heterocycles. The molecule has 0 aliphatic carbocycles. The van der Waals surface area contributed by atoms with Gasteiger partial charge in [-0.2, -0.15) is 0 Å². The number of hydrogen-bond donors (Lipinski definition) is 1. The predicted molar refractivity (Wildman–Crippen MR) is 184 cm³/mol. The Labute approximate surface area is 292 Å². The number of ketones is 1. The quantitative estimate of drug-likeness (QED) is 0.0247. The normalized spacial score (nSPS) is 17.1. The van der Waals surface area contributed by atoms with E-state index in [-0.39, 0.29) is 39.7 Å². The van der Waals surface area contributed by atoms with Crippen molar-refractivity contribution >= 4 is 63.1 Å². The largest absolute Gasteiger partial charge is 0.497 e. The standard InChI is InChI=1S/C34H33ClN2O9S2/c1-19(38)26-30(35)36(31(26)40)27(33(47)45-18-20-6-10-22(11-7-20)37(42)43)28(29(39)34(2,3)4)46-24-12-8-21(9-13-24)32(41)48-25-16-14-23(44-5)15-17-25/h6-17,19,26,30,38H,18H2,1-5H3/t19-,26-,30-/m1/s1. The third-order valence-electron chi connectivity index (χ3n) is 7.22. The van der Waals surface area contributed by atoms with Crippen LogP contribution in [0.2, 0.25) is 0 Å². The summed E-state index contributed by atoms with van der Waals surface area (Å²) in [5.41, 5.74) is -1.53. The van der Waals surface area contributed by atoms with Gasteiger partial charge in [-0.15, -0.1) is 0 Å². The van der Waals surface area contributed by atoms with E-state index >= 15 is 0 Å². The van der Waals surface area contributed by atoms with Crippen LogP contribution in [0, 0.1) is 21.4 Å². The van der Waals surface area contributed by atoms with Gasteiger partial charge in [-0.05, 0) is 97.1 Å². The van der Waals surface area contributed by atoms with E-state index in [1.165, 1.54) is 43.3 Å². The van der Waals surface area contributed by atoms with Gasteiger partial charge in [0.05, 0.1) is 24.1 Å². The van der Waals surface area contributed by atoms with Gasteiger partial charge in [-0.1, -0.05) is 32.4 Å². The number of nitrogens with zero attached hydrogens (tertiary/aromatic N) is 2. The van der Waals surface area contributed by atoms with E-state index in [9.17, 15) is 29.6 Å². The van der Waals surface area contributed by atoms with E-state index in [0.717, 1.165) is 21.6 Å². The number of nitro benzene ring substituents is 1. The summed E-state index contributed by atoms with van der Waals surface area (Å²) in [5.74, 6) is -1.61. The molecule has 48 heavy (non-hydrogen) atoms. The van der Waals surface area contributed by atoms with E-state index in [1.54, 1.807) is 64.3 Å². The predicted octanol–water partition coefficient (Wildman–Crippen LogP) is 6.69. The highest BCUT2D eigenvalue weighted by atomic mass is 35.5. The second-order valence-electron chi connectivity index (χ2n) is 11.8. The summed E-state index contributed by atoms with van der Waals surface area (Å²) in [6, 6.07) is 18.7. The van der Waals surface area contributed by atoms with Crippen LogP contribution in [0.25, 0.3) is 0 Å². The summed E-state index contributed by atoms with van der Waals surface area (Å²) >= 11 is 13.2. The monoisotopic (exact) mass is 712 g/mol. The van der Waals surface area contributed by atoms with Crippen LogP contribution in [0.3, 0.4) is 0 Å². The van der Waals surface area contributed by atoms with Crippen LogP contribution in [0.5, 0.6) is 11.5 Å². The Balaban J connectivity index is 1.68. The number of alkyl halides is 1. The average Bonchev–Trinajstić information content (AvgIpc) is 3.05. The van der Waals surface area contributed by atoms with Gasteiger partial charge < -0.3 is 19.3 Å². The number of rotatable bonds is 12. The van der Waals surface area contributed by atoms with Gasteiger partial charge in [0.2, 0.25) is 21.9 Å². The molecular weight excluding hydrogens is 680 g/mol. The number of β-lactam (4-membered cyclic amide) rings is 1. The Morgan fingerprint density at radius 3 is 2.12 bits per heavy atom. The first-order valence-corrected chi connectivity index (χ1v) is 16.3. The summed E-state index contributed by atoms with van der Waals surface area (Å²) in [5, 5.41) is 20.7. The van der Waals surface area contributed by atoms with Crippen molar-refractivity contribution in [3.63, 3.8) is 0 Å². The number of ether oxygens (including phenoxy) is 3. The zero-order valence-electron chi connectivity index (χ0n) is 26.7. The number of aliphatic hydroxyl groups excluding tert-OH is 1. The van der Waals surface area contributed by atoms with Crippen molar-refractivity contribution in [1.29, 1.82) is 0 Å². The van der Waals surface area contributed by atoms with Crippen molar-refractivity contribution in [3.8, 4) is 11.5 Å². The number of thiocarbonyl (C=S) groups is 1. The lowest BCUT2D eigenvalue weighted by Gasteiger charge is -2.46. The molecule has 0 bridgehead atoms. The zero-order valence-corrected chi connectivity index (χ0v) is 29.1. The van der Waals surface area contributed by atoms with E-state index in [2.05, 4.69) is 0 Å². The first-order valence-electron chi connectivity index (χ1n) is 14.6. The van der Waals surface area contributed by atoms with Crippen molar-refractivity contribution in [2.24, 2.45) is 11.3 Å². The highest BCUT2D eigenvalue weighted by Gasteiger charge is 2.53. The van der Waals surface area contributed by atoms with Crippen molar-refractivity contribution in [2.45, 2.75) is 50.8 Å². The van der Waals surface area contributed by atoms with E-state index in [0.29, 0.717) is 16.9 Å². The smallest absolute Gasteiger partial charge is 0.269 e. The van der Waals surface area contributed by atoms with Crippen LogP contribution in [0.1, 0.15) is 43.6 Å². The number of nitro groups is 1. The Morgan fingerprint density at radius 1 is 1.04 bits per heavy atom. The number of amides is 1.